The van der Waals surface area contributed by atoms with Crippen molar-refractivity contribution in [3.8, 4) is 11.5 Å². The maximum absolute atomic E-state index is 12.9. The summed E-state index contributed by atoms with van der Waals surface area (Å²) in [7, 11) is 1.63. The van der Waals surface area contributed by atoms with Crippen molar-refractivity contribution in [3.05, 3.63) is 51.4 Å². The number of hydrogen-bond donors (Lipinski definition) is 0. The lowest BCUT2D eigenvalue weighted by molar-refractivity contribution is 0.0722. The van der Waals surface area contributed by atoms with Crippen LogP contribution in [0.15, 0.2) is 29.1 Å². The van der Waals surface area contributed by atoms with E-state index >= 15 is 0 Å². The average molecular weight is 327 g/mol. The van der Waals surface area contributed by atoms with E-state index in [0.717, 1.165) is 11.3 Å². The monoisotopic (exact) mass is 327 g/mol. The molecule has 0 aliphatic carbocycles. The van der Waals surface area contributed by atoms with Crippen molar-refractivity contribution >= 4 is 5.91 Å². The molecule has 0 atom stereocenters. The van der Waals surface area contributed by atoms with Crippen LogP contribution < -0.4 is 15.0 Å². The second-order valence-electron chi connectivity index (χ2n) is 5.88. The van der Waals surface area contributed by atoms with Crippen LogP contribution in [0.4, 0.5) is 0 Å². The van der Waals surface area contributed by atoms with Gasteiger partial charge < -0.3 is 14.4 Å². The van der Waals surface area contributed by atoms with E-state index in [2.05, 4.69) is 5.10 Å². The second kappa shape index (κ2) is 5.67. The van der Waals surface area contributed by atoms with Crippen molar-refractivity contribution in [3.63, 3.8) is 0 Å². The van der Waals surface area contributed by atoms with Crippen molar-refractivity contribution in [2.24, 2.45) is 7.05 Å². The Bertz CT molecular complexity index is 875. The van der Waals surface area contributed by atoms with Crippen LogP contribution in [-0.2, 0) is 20.0 Å². The van der Waals surface area contributed by atoms with Gasteiger partial charge in [-0.3, -0.25) is 9.59 Å². The Morgan fingerprint density at radius 1 is 1.25 bits per heavy atom. The Hall–Kier alpha value is -2.83. The van der Waals surface area contributed by atoms with Gasteiger partial charge in [-0.2, -0.15) is 5.10 Å². The third-order valence-electron chi connectivity index (χ3n) is 4.32. The molecule has 7 nitrogen and oxygen atoms in total. The summed E-state index contributed by atoms with van der Waals surface area (Å²) in [6, 6.07) is 6.88. The molecule has 24 heavy (non-hydrogen) atoms. The molecule has 2 aliphatic heterocycles. The summed E-state index contributed by atoms with van der Waals surface area (Å²) >= 11 is 0. The Labute approximate surface area is 138 Å². The number of fused-ring (bicyclic) bond motifs is 2. The lowest BCUT2D eigenvalue weighted by Gasteiger charge is -2.29. The maximum Gasteiger partial charge on any atom is 0.266 e. The molecular weight excluding hydrogens is 310 g/mol. The predicted octanol–water partition coefficient (Wildman–Crippen LogP) is 0.750. The quantitative estimate of drug-likeness (QED) is 0.773. The van der Waals surface area contributed by atoms with Gasteiger partial charge in [-0.25, -0.2) is 4.68 Å². The predicted molar refractivity (Wildman–Crippen MR) is 85.4 cm³/mol. The Kier molecular flexibility index (Phi) is 3.48. The zero-order chi connectivity index (χ0) is 16.7. The lowest BCUT2D eigenvalue weighted by Crippen LogP contribution is -2.38. The normalized spacial score (nSPS) is 15.8. The number of aromatic nitrogens is 2. The Balaban J connectivity index is 1.64. The van der Waals surface area contributed by atoms with Crippen molar-refractivity contribution in [1.82, 2.24) is 14.7 Å². The van der Waals surface area contributed by atoms with Crippen LogP contribution in [0, 0.1) is 0 Å². The van der Waals surface area contributed by atoms with Crippen LogP contribution in [0.5, 0.6) is 11.5 Å². The van der Waals surface area contributed by atoms with Crippen LogP contribution in [0.1, 0.15) is 21.6 Å². The molecule has 7 heteroatoms. The second-order valence-corrected chi connectivity index (χ2v) is 5.88. The molecule has 1 aromatic heterocycles. The molecule has 1 aromatic carbocycles. The van der Waals surface area contributed by atoms with Gasteiger partial charge in [0.1, 0.15) is 13.2 Å². The molecule has 2 aliphatic rings. The summed E-state index contributed by atoms with van der Waals surface area (Å²) in [6.07, 6.45) is 0.627. The molecule has 2 aromatic rings. The minimum Gasteiger partial charge on any atom is -0.486 e. The standard InChI is InChI=1S/C17H17N3O4/c1-19-15(21)9-11-10-20(6-5-13(11)18-19)17(22)12-3-2-4-14-16(12)24-8-7-23-14/h2-4,9H,5-8,10H2,1H3. The lowest BCUT2D eigenvalue weighted by atomic mass is 10.0. The first kappa shape index (κ1) is 14.7. The number of nitrogens with zero attached hydrogens (tertiary/aromatic N) is 3. The molecule has 0 saturated heterocycles. The van der Waals surface area contributed by atoms with Crippen molar-refractivity contribution in [2.45, 2.75) is 13.0 Å². The molecule has 0 unspecified atom stereocenters. The zero-order valence-electron chi connectivity index (χ0n) is 13.3. The van der Waals surface area contributed by atoms with Crippen molar-refractivity contribution in [1.29, 1.82) is 0 Å². The number of benzene rings is 1. The molecule has 0 N–H and O–H groups in total. The summed E-state index contributed by atoms with van der Waals surface area (Å²) in [4.78, 5) is 26.4. The summed E-state index contributed by atoms with van der Waals surface area (Å²) in [5, 5.41) is 4.27. The van der Waals surface area contributed by atoms with Crippen LogP contribution in [0.3, 0.4) is 0 Å². The van der Waals surface area contributed by atoms with Gasteiger partial charge in [0.2, 0.25) is 0 Å². The highest BCUT2D eigenvalue weighted by molar-refractivity contribution is 5.98. The van der Waals surface area contributed by atoms with E-state index in [0.29, 0.717) is 49.8 Å². The number of hydrogen-bond acceptors (Lipinski definition) is 5. The number of para-hydroxylation sites is 1. The number of carbonyl (C=O) groups is 1. The summed E-state index contributed by atoms with van der Waals surface area (Å²) in [5.41, 5.74) is 2.00. The first-order valence-corrected chi connectivity index (χ1v) is 7.87. The first-order valence-electron chi connectivity index (χ1n) is 7.87. The average Bonchev–Trinajstić information content (AvgIpc) is 2.61. The van der Waals surface area contributed by atoms with E-state index in [-0.39, 0.29) is 11.5 Å². The Morgan fingerprint density at radius 2 is 2.08 bits per heavy atom. The number of carbonyl (C=O) groups excluding carboxylic acids is 1. The fourth-order valence-electron chi connectivity index (χ4n) is 3.08. The number of amides is 1. The van der Waals surface area contributed by atoms with Gasteiger partial charge in [-0.05, 0) is 12.1 Å². The smallest absolute Gasteiger partial charge is 0.266 e. The maximum atomic E-state index is 12.9. The molecule has 1 amide bonds. The molecule has 3 heterocycles. The number of aryl methyl sites for hydroxylation is 1. The summed E-state index contributed by atoms with van der Waals surface area (Å²) in [5.74, 6) is 0.977. The summed E-state index contributed by atoms with van der Waals surface area (Å²) < 4.78 is 12.5. The van der Waals surface area contributed by atoms with E-state index in [9.17, 15) is 9.59 Å². The molecule has 0 radical (unpaired) electrons. The van der Waals surface area contributed by atoms with E-state index in [4.69, 9.17) is 9.47 Å². The molecule has 0 spiro atoms. The number of rotatable bonds is 1. The highest BCUT2D eigenvalue weighted by Gasteiger charge is 2.27. The van der Waals surface area contributed by atoms with E-state index in [1.165, 1.54) is 4.68 Å². The third kappa shape index (κ3) is 2.42. The highest BCUT2D eigenvalue weighted by Crippen LogP contribution is 2.34. The minimum atomic E-state index is -0.170. The van der Waals surface area contributed by atoms with Gasteiger partial charge in [0.25, 0.3) is 11.5 Å². The minimum absolute atomic E-state index is 0.122. The Morgan fingerprint density at radius 3 is 2.96 bits per heavy atom. The largest absolute Gasteiger partial charge is 0.486 e. The van der Waals surface area contributed by atoms with Gasteiger partial charge in [0.15, 0.2) is 11.5 Å². The van der Waals surface area contributed by atoms with Gasteiger partial charge in [-0.1, -0.05) is 6.07 Å². The molecule has 0 fully saturated rings. The fourth-order valence-corrected chi connectivity index (χ4v) is 3.08. The van der Waals surface area contributed by atoms with Crippen molar-refractivity contribution < 1.29 is 14.3 Å². The SMILES string of the molecule is Cn1nc2c(cc1=O)CN(C(=O)c1cccc3c1OCCO3)CC2. The molecule has 0 bridgehead atoms. The van der Waals surface area contributed by atoms with Crippen molar-refractivity contribution in [2.75, 3.05) is 19.8 Å². The van der Waals surface area contributed by atoms with Gasteiger partial charge >= 0.3 is 0 Å². The fraction of sp³-hybridized carbons (Fsp3) is 0.353. The highest BCUT2D eigenvalue weighted by atomic mass is 16.6. The molecular formula is C17H17N3O4. The first-order chi connectivity index (χ1) is 11.6. The van der Waals surface area contributed by atoms with Crippen LogP contribution in [-0.4, -0.2) is 40.3 Å². The van der Waals surface area contributed by atoms with Crippen LogP contribution >= 0.6 is 0 Å². The van der Waals surface area contributed by atoms with E-state index in [1.807, 2.05) is 0 Å². The molecule has 4 rings (SSSR count). The molecule has 0 saturated carbocycles. The molecule has 124 valence electrons. The summed E-state index contributed by atoms with van der Waals surface area (Å²) in [6.45, 7) is 1.85. The van der Waals surface area contributed by atoms with Crippen LogP contribution in [0.2, 0.25) is 0 Å². The van der Waals surface area contributed by atoms with Gasteiger partial charge in [-0.15, -0.1) is 0 Å². The van der Waals surface area contributed by atoms with E-state index < -0.39 is 0 Å². The topological polar surface area (TPSA) is 73.7 Å². The van der Waals surface area contributed by atoms with Gasteiger partial charge in [0, 0.05) is 38.2 Å². The third-order valence-corrected chi connectivity index (χ3v) is 4.32. The zero-order valence-corrected chi connectivity index (χ0v) is 13.3. The van der Waals surface area contributed by atoms with E-state index in [1.54, 1.807) is 36.2 Å². The van der Waals surface area contributed by atoms with Crippen LogP contribution in [0.25, 0.3) is 0 Å². The number of ether oxygens (including phenoxy) is 2. The van der Waals surface area contributed by atoms with Gasteiger partial charge in [0.05, 0.1) is 11.3 Å².